The molecule has 0 fully saturated rings. The number of carbonyl (C=O) groups excluding carboxylic acids is 1. The fourth-order valence-corrected chi connectivity index (χ4v) is 4.77. The Labute approximate surface area is 186 Å². The second-order valence-corrected chi connectivity index (χ2v) is 8.35. The van der Waals surface area contributed by atoms with Crippen molar-refractivity contribution in [2.24, 2.45) is 4.99 Å². The van der Waals surface area contributed by atoms with E-state index in [1.807, 2.05) is 13.0 Å². The van der Waals surface area contributed by atoms with E-state index < -0.39 is 12.0 Å². The maximum Gasteiger partial charge on any atom is 0.338 e. The van der Waals surface area contributed by atoms with Crippen LogP contribution >= 0.6 is 22.9 Å². The third-order valence-electron chi connectivity index (χ3n) is 4.95. The molecule has 31 heavy (non-hydrogen) atoms. The predicted octanol–water partition coefficient (Wildman–Crippen LogP) is 2.97. The van der Waals surface area contributed by atoms with Crippen molar-refractivity contribution >= 4 is 35.0 Å². The van der Waals surface area contributed by atoms with E-state index in [0.717, 1.165) is 5.76 Å². The van der Waals surface area contributed by atoms with Crippen molar-refractivity contribution in [1.29, 1.82) is 0 Å². The van der Waals surface area contributed by atoms with Gasteiger partial charge in [-0.1, -0.05) is 22.9 Å². The molecule has 3 heterocycles. The van der Waals surface area contributed by atoms with Gasteiger partial charge in [-0.05, 0) is 44.2 Å². The Morgan fingerprint density at radius 2 is 2.03 bits per heavy atom. The summed E-state index contributed by atoms with van der Waals surface area (Å²) in [6.45, 7) is 3.54. The number of esters is 1. The van der Waals surface area contributed by atoms with E-state index in [0.29, 0.717) is 37.1 Å². The van der Waals surface area contributed by atoms with Gasteiger partial charge in [-0.15, -0.1) is 0 Å². The second-order valence-electron chi connectivity index (χ2n) is 6.91. The summed E-state index contributed by atoms with van der Waals surface area (Å²) >= 11 is 7.47. The number of nitrogens with zero attached hydrogens (tertiary/aromatic N) is 2. The lowest BCUT2D eigenvalue weighted by Crippen LogP contribution is -2.40. The highest BCUT2D eigenvalue weighted by atomic mass is 35.5. The molecule has 9 heteroatoms. The van der Waals surface area contributed by atoms with Crippen molar-refractivity contribution < 1.29 is 18.7 Å². The molecule has 3 aromatic rings. The number of carbonyl (C=O) groups is 1. The molecule has 1 aliphatic heterocycles. The van der Waals surface area contributed by atoms with E-state index in [9.17, 15) is 9.59 Å². The quantitative estimate of drug-likeness (QED) is 0.561. The van der Waals surface area contributed by atoms with E-state index in [-0.39, 0.29) is 11.1 Å². The topological polar surface area (TPSA) is 83.0 Å². The smallest absolute Gasteiger partial charge is 0.338 e. The zero-order valence-electron chi connectivity index (χ0n) is 17.3. The highest BCUT2D eigenvalue weighted by Gasteiger charge is 2.35. The molecule has 7 nitrogen and oxygen atoms in total. The molecular formula is C22H19ClN2O5S. The summed E-state index contributed by atoms with van der Waals surface area (Å²) in [5, 5.41) is 0.447. The van der Waals surface area contributed by atoms with E-state index in [2.05, 4.69) is 4.99 Å². The molecule has 0 amide bonds. The summed E-state index contributed by atoms with van der Waals surface area (Å²) in [6, 6.07) is 7.86. The number of halogens is 1. The van der Waals surface area contributed by atoms with Crippen LogP contribution in [0.3, 0.4) is 0 Å². The van der Waals surface area contributed by atoms with Crippen LogP contribution in [0, 0.1) is 6.92 Å². The molecule has 4 rings (SSSR count). The van der Waals surface area contributed by atoms with Crippen LogP contribution in [0.25, 0.3) is 6.08 Å². The number of methoxy groups -OCH3 is 2. The Balaban J connectivity index is 2.04. The standard InChI is InChI=1S/C22H19ClN2O5S/c1-11-5-7-14(30-11)10-17-20(26)25-19(15-9-13(23)6-8-16(15)28-3)18(21(27)29-4)12(2)24-22(25)31-17/h5-10,19H,1-4H3/b17-10-/t19-/m1/s1. The molecule has 1 aromatic carbocycles. The van der Waals surface area contributed by atoms with Gasteiger partial charge in [0, 0.05) is 16.7 Å². The number of allylic oxidation sites excluding steroid dienone is 1. The summed E-state index contributed by atoms with van der Waals surface area (Å²) in [4.78, 5) is 31.1. The van der Waals surface area contributed by atoms with Crippen LogP contribution in [0.2, 0.25) is 5.02 Å². The third-order valence-corrected chi connectivity index (χ3v) is 6.17. The van der Waals surface area contributed by atoms with Crippen LogP contribution in [-0.4, -0.2) is 24.8 Å². The number of hydrogen-bond donors (Lipinski definition) is 0. The first kappa shape index (κ1) is 21.1. The van der Waals surface area contributed by atoms with Crippen molar-refractivity contribution in [3.05, 3.63) is 83.4 Å². The number of aromatic nitrogens is 1. The average molecular weight is 459 g/mol. The summed E-state index contributed by atoms with van der Waals surface area (Å²) < 4.78 is 18.0. The first-order valence-corrected chi connectivity index (χ1v) is 10.5. The zero-order valence-corrected chi connectivity index (χ0v) is 18.8. The van der Waals surface area contributed by atoms with Gasteiger partial charge in [0.15, 0.2) is 4.80 Å². The molecule has 0 N–H and O–H groups in total. The van der Waals surface area contributed by atoms with Gasteiger partial charge >= 0.3 is 5.97 Å². The van der Waals surface area contributed by atoms with Crippen molar-refractivity contribution in [3.8, 4) is 5.75 Å². The molecule has 1 aliphatic rings. The molecule has 0 radical (unpaired) electrons. The van der Waals surface area contributed by atoms with E-state index >= 15 is 0 Å². The summed E-state index contributed by atoms with van der Waals surface area (Å²) in [7, 11) is 2.81. The number of thiazole rings is 1. The maximum atomic E-state index is 13.4. The number of rotatable bonds is 4. The molecule has 0 spiro atoms. The van der Waals surface area contributed by atoms with Crippen molar-refractivity contribution in [2.45, 2.75) is 19.9 Å². The van der Waals surface area contributed by atoms with Gasteiger partial charge < -0.3 is 13.9 Å². The highest BCUT2D eigenvalue weighted by molar-refractivity contribution is 7.07. The minimum Gasteiger partial charge on any atom is -0.496 e. The molecule has 0 saturated carbocycles. The number of aryl methyl sites for hydroxylation is 1. The van der Waals surface area contributed by atoms with Crippen molar-refractivity contribution in [3.63, 3.8) is 0 Å². The molecule has 1 atom stereocenters. The Hall–Kier alpha value is -3.10. The van der Waals surface area contributed by atoms with Crippen LogP contribution in [0.1, 0.15) is 30.0 Å². The normalized spacial score (nSPS) is 16.2. The second kappa shape index (κ2) is 8.20. The van der Waals surface area contributed by atoms with Gasteiger partial charge in [0.2, 0.25) is 0 Å². The third kappa shape index (κ3) is 3.73. The lowest BCUT2D eigenvalue weighted by Gasteiger charge is -2.25. The van der Waals surface area contributed by atoms with Gasteiger partial charge in [-0.25, -0.2) is 9.79 Å². The van der Waals surface area contributed by atoms with E-state index in [1.54, 1.807) is 37.3 Å². The van der Waals surface area contributed by atoms with Crippen LogP contribution in [0.4, 0.5) is 0 Å². The maximum absolute atomic E-state index is 13.4. The highest BCUT2D eigenvalue weighted by Crippen LogP contribution is 2.37. The van der Waals surface area contributed by atoms with Crippen LogP contribution in [-0.2, 0) is 9.53 Å². The molecular weight excluding hydrogens is 440 g/mol. The summed E-state index contributed by atoms with van der Waals surface area (Å²) in [5.41, 5.74) is 0.960. The molecule has 0 bridgehead atoms. The minimum atomic E-state index is -0.808. The van der Waals surface area contributed by atoms with Gasteiger partial charge in [0.25, 0.3) is 5.56 Å². The SMILES string of the molecule is COC(=O)C1=C(C)N=c2s/c(=C\c3ccc(C)o3)c(=O)n2[C@@H]1c1cc(Cl)ccc1OC. The van der Waals surface area contributed by atoms with Gasteiger partial charge in [-0.3, -0.25) is 9.36 Å². The Kier molecular flexibility index (Phi) is 5.60. The average Bonchev–Trinajstić information content (AvgIpc) is 3.29. The lowest BCUT2D eigenvalue weighted by atomic mass is 9.95. The van der Waals surface area contributed by atoms with Crippen LogP contribution in [0.15, 0.2) is 55.8 Å². The van der Waals surface area contributed by atoms with Crippen LogP contribution in [0.5, 0.6) is 5.75 Å². The van der Waals surface area contributed by atoms with Crippen molar-refractivity contribution in [2.75, 3.05) is 14.2 Å². The predicted molar refractivity (Wildman–Crippen MR) is 117 cm³/mol. The van der Waals surface area contributed by atoms with Crippen LogP contribution < -0.4 is 19.6 Å². The van der Waals surface area contributed by atoms with Crippen molar-refractivity contribution in [1.82, 2.24) is 4.57 Å². The largest absolute Gasteiger partial charge is 0.496 e. The Morgan fingerprint density at radius 1 is 1.26 bits per heavy atom. The fraction of sp³-hybridized carbons (Fsp3) is 0.227. The number of benzene rings is 1. The number of hydrogen-bond acceptors (Lipinski definition) is 7. The molecule has 0 aliphatic carbocycles. The Bertz CT molecular complexity index is 1400. The number of furan rings is 1. The Morgan fingerprint density at radius 3 is 2.68 bits per heavy atom. The van der Waals surface area contributed by atoms with Gasteiger partial charge in [0.05, 0.1) is 30.0 Å². The number of fused-ring (bicyclic) bond motifs is 1. The molecule has 160 valence electrons. The zero-order chi connectivity index (χ0) is 22.3. The first-order valence-electron chi connectivity index (χ1n) is 9.34. The van der Waals surface area contributed by atoms with Gasteiger partial charge in [-0.2, -0.15) is 0 Å². The summed E-state index contributed by atoms with van der Waals surface area (Å²) in [6.07, 6.45) is 1.67. The molecule has 0 saturated heterocycles. The molecule has 2 aromatic heterocycles. The fourth-order valence-electron chi connectivity index (χ4n) is 3.57. The molecule has 0 unspecified atom stereocenters. The minimum absolute atomic E-state index is 0.246. The summed E-state index contributed by atoms with van der Waals surface area (Å²) in [5.74, 6) is 1.21. The van der Waals surface area contributed by atoms with E-state index in [4.69, 9.17) is 25.5 Å². The monoisotopic (exact) mass is 458 g/mol. The van der Waals surface area contributed by atoms with E-state index in [1.165, 1.54) is 30.1 Å². The lowest BCUT2D eigenvalue weighted by molar-refractivity contribution is -0.136. The first-order chi connectivity index (χ1) is 14.8. The number of ether oxygens (including phenoxy) is 2. The van der Waals surface area contributed by atoms with Gasteiger partial charge in [0.1, 0.15) is 23.3 Å².